The molecule has 0 radical (unpaired) electrons. The first-order valence-corrected chi connectivity index (χ1v) is 10.7. The van der Waals surface area contributed by atoms with Gasteiger partial charge in [-0.05, 0) is 30.3 Å². The van der Waals surface area contributed by atoms with Crippen LogP contribution in [0.2, 0.25) is 0 Å². The quantitative estimate of drug-likeness (QED) is 0.604. The van der Waals surface area contributed by atoms with E-state index < -0.39 is 0 Å². The highest BCUT2D eigenvalue weighted by Gasteiger charge is 2.47. The summed E-state index contributed by atoms with van der Waals surface area (Å²) < 4.78 is 16.2. The molecule has 0 spiro atoms. The van der Waals surface area contributed by atoms with E-state index in [4.69, 9.17) is 14.2 Å². The molecule has 0 aliphatic carbocycles. The van der Waals surface area contributed by atoms with Crippen molar-refractivity contribution in [1.29, 1.82) is 0 Å². The summed E-state index contributed by atoms with van der Waals surface area (Å²) in [6.07, 6.45) is 0.254. The largest absolute Gasteiger partial charge is 0.495 e. The van der Waals surface area contributed by atoms with Crippen molar-refractivity contribution < 1.29 is 33.6 Å². The fraction of sp³-hybridized carbons (Fsp3) is 0.391. The zero-order valence-corrected chi connectivity index (χ0v) is 17.6. The summed E-state index contributed by atoms with van der Waals surface area (Å²) in [5, 5.41) is 0. The number of anilines is 1. The third-order valence-corrected chi connectivity index (χ3v) is 6.46. The molecule has 2 aromatic rings. The Morgan fingerprint density at radius 2 is 1.81 bits per heavy atom. The molecule has 0 bridgehead atoms. The number of rotatable bonds is 5. The van der Waals surface area contributed by atoms with Crippen molar-refractivity contribution in [2.24, 2.45) is 0 Å². The van der Waals surface area contributed by atoms with Crippen LogP contribution in [-0.2, 0) is 16.1 Å². The molecule has 0 aromatic heterocycles. The number of nitrogens with one attached hydrogen (secondary N) is 2. The number of amides is 2. The van der Waals surface area contributed by atoms with Crippen LogP contribution < -0.4 is 28.9 Å². The fourth-order valence-corrected chi connectivity index (χ4v) is 4.81. The van der Waals surface area contributed by atoms with Gasteiger partial charge in [-0.15, -0.1) is 0 Å². The number of imide groups is 1. The van der Waals surface area contributed by atoms with E-state index in [1.807, 2.05) is 18.2 Å². The first-order valence-electron chi connectivity index (χ1n) is 10.7. The van der Waals surface area contributed by atoms with Crippen molar-refractivity contribution in [3.8, 4) is 17.2 Å². The highest BCUT2D eigenvalue weighted by atomic mass is 16.7. The molecule has 8 heteroatoms. The second-order valence-corrected chi connectivity index (χ2v) is 8.27. The second-order valence-electron chi connectivity index (χ2n) is 8.27. The van der Waals surface area contributed by atoms with Gasteiger partial charge in [0.1, 0.15) is 38.5 Å². The maximum Gasteiger partial charge on any atom is 0.292 e. The van der Waals surface area contributed by atoms with Crippen molar-refractivity contribution in [1.82, 2.24) is 0 Å². The van der Waals surface area contributed by atoms with E-state index in [9.17, 15) is 9.59 Å². The molecule has 2 amide bonds. The molecule has 0 saturated carbocycles. The number of benzene rings is 2. The molecular weight excluding hydrogens is 398 g/mol. The lowest BCUT2D eigenvalue weighted by Gasteiger charge is -2.32. The fourth-order valence-electron chi connectivity index (χ4n) is 4.81. The summed E-state index contributed by atoms with van der Waals surface area (Å²) >= 11 is 0. The van der Waals surface area contributed by atoms with E-state index in [0.717, 1.165) is 44.2 Å². The molecule has 2 aromatic carbocycles. The highest BCUT2D eigenvalue weighted by molar-refractivity contribution is 6.22. The molecule has 2 fully saturated rings. The highest BCUT2D eigenvalue weighted by Crippen LogP contribution is 2.32. The monoisotopic (exact) mass is 425 g/mol. The standard InChI is InChI=1S/C23H25N3O5/c1-29-19-5-3-2-4-17(19)26-22(27)13-18(23(26)28)25-10-8-24(9-11-25)14-16-6-7-20-21(12-16)31-15-30-20/h2-7,12,18H,8-11,13-15H2,1H3/p+2/t18-/m0/s1. The lowest BCUT2D eigenvalue weighted by atomic mass is 10.1. The third-order valence-electron chi connectivity index (χ3n) is 6.46. The van der Waals surface area contributed by atoms with Crippen molar-refractivity contribution >= 4 is 17.5 Å². The molecular formula is C23H27N3O5+2. The number of nitrogens with zero attached hydrogens (tertiary/aromatic N) is 1. The summed E-state index contributed by atoms with van der Waals surface area (Å²) in [6.45, 7) is 4.84. The predicted octanol–water partition coefficient (Wildman–Crippen LogP) is -0.961. The normalized spacial score (nSPS) is 25.2. The van der Waals surface area contributed by atoms with E-state index in [0.29, 0.717) is 11.4 Å². The molecule has 2 N–H and O–H groups in total. The Morgan fingerprint density at radius 3 is 2.61 bits per heavy atom. The van der Waals surface area contributed by atoms with Crippen LogP contribution in [0, 0.1) is 0 Å². The predicted molar refractivity (Wildman–Crippen MR) is 112 cm³/mol. The summed E-state index contributed by atoms with van der Waals surface area (Å²) in [5.41, 5.74) is 1.76. The average Bonchev–Trinajstić information content (AvgIpc) is 3.37. The van der Waals surface area contributed by atoms with Crippen LogP contribution >= 0.6 is 0 Å². The Hall–Kier alpha value is -3.10. The summed E-state index contributed by atoms with van der Waals surface area (Å²) in [7, 11) is 1.55. The van der Waals surface area contributed by atoms with Crippen molar-refractivity contribution in [2.45, 2.75) is 19.0 Å². The van der Waals surface area contributed by atoms with Gasteiger partial charge >= 0.3 is 0 Å². The molecule has 5 rings (SSSR count). The van der Waals surface area contributed by atoms with Crippen molar-refractivity contribution in [3.05, 3.63) is 48.0 Å². The number of hydrogen-bond acceptors (Lipinski definition) is 5. The van der Waals surface area contributed by atoms with Gasteiger partial charge in [-0.2, -0.15) is 0 Å². The van der Waals surface area contributed by atoms with Crippen LogP contribution in [0.3, 0.4) is 0 Å². The number of ether oxygens (including phenoxy) is 3. The van der Waals surface area contributed by atoms with E-state index in [-0.39, 0.29) is 31.1 Å². The molecule has 2 saturated heterocycles. The van der Waals surface area contributed by atoms with Gasteiger partial charge < -0.3 is 24.0 Å². The van der Waals surface area contributed by atoms with Crippen LogP contribution in [-0.4, -0.2) is 57.9 Å². The number of para-hydroxylation sites is 2. The maximum absolute atomic E-state index is 13.2. The molecule has 162 valence electrons. The first-order chi connectivity index (χ1) is 15.1. The average molecular weight is 425 g/mol. The van der Waals surface area contributed by atoms with E-state index in [1.165, 1.54) is 20.3 Å². The summed E-state index contributed by atoms with van der Waals surface area (Å²) in [6, 6.07) is 13.0. The molecule has 3 aliphatic rings. The number of methoxy groups -OCH3 is 1. The number of fused-ring (bicyclic) bond motifs is 1. The Kier molecular flexibility index (Phi) is 5.25. The lowest BCUT2D eigenvalue weighted by molar-refractivity contribution is -1.02. The zero-order chi connectivity index (χ0) is 21.4. The maximum atomic E-state index is 13.2. The van der Waals surface area contributed by atoms with Gasteiger partial charge in [-0.25, -0.2) is 4.90 Å². The Labute approximate surface area is 180 Å². The van der Waals surface area contributed by atoms with E-state index in [2.05, 4.69) is 12.1 Å². The van der Waals surface area contributed by atoms with Gasteiger partial charge in [0.05, 0.1) is 19.2 Å². The summed E-state index contributed by atoms with van der Waals surface area (Å²) in [4.78, 5) is 29.9. The minimum absolute atomic E-state index is 0.122. The van der Waals surface area contributed by atoms with Gasteiger partial charge in [-0.1, -0.05) is 12.1 Å². The molecule has 3 aliphatic heterocycles. The smallest absolute Gasteiger partial charge is 0.292 e. The number of carbonyl (C=O) groups is 2. The van der Waals surface area contributed by atoms with Gasteiger partial charge in [0.15, 0.2) is 17.5 Å². The topological polar surface area (TPSA) is 73.9 Å². The van der Waals surface area contributed by atoms with Crippen LogP contribution in [0.1, 0.15) is 12.0 Å². The van der Waals surface area contributed by atoms with Crippen molar-refractivity contribution in [2.75, 3.05) is 45.0 Å². The molecule has 0 unspecified atom stereocenters. The number of hydrogen-bond donors (Lipinski definition) is 2. The molecule has 3 heterocycles. The van der Waals surface area contributed by atoms with Gasteiger partial charge in [0, 0.05) is 5.56 Å². The van der Waals surface area contributed by atoms with Gasteiger partial charge in [0.25, 0.3) is 5.91 Å². The number of piperazine rings is 1. The zero-order valence-electron chi connectivity index (χ0n) is 17.6. The van der Waals surface area contributed by atoms with E-state index >= 15 is 0 Å². The van der Waals surface area contributed by atoms with Crippen LogP contribution in [0.4, 0.5) is 5.69 Å². The Bertz CT molecular complexity index is 1000. The minimum Gasteiger partial charge on any atom is -0.495 e. The number of carbonyl (C=O) groups excluding carboxylic acids is 2. The Morgan fingerprint density at radius 1 is 1.03 bits per heavy atom. The van der Waals surface area contributed by atoms with Crippen molar-refractivity contribution in [3.63, 3.8) is 0 Å². The van der Waals surface area contributed by atoms with Crippen LogP contribution in [0.15, 0.2) is 42.5 Å². The Balaban J connectivity index is 1.22. The SMILES string of the molecule is COc1ccccc1N1C(=O)C[C@H]([NH+]2CC[NH+](Cc3ccc4c(c3)OCO4)CC2)C1=O. The van der Waals surface area contributed by atoms with E-state index in [1.54, 1.807) is 19.2 Å². The van der Waals surface area contributed by atoms with Crippen LogP contribution in [0.25, 0.3) is 0 Å². The molecule has 1 atom stereocenters. The summed E-state index contributed by atoms with van der Waals surface area (Å²) in [5.74, 6) is 1.88. The van der Waals surface area contributed by atoms with Gasteiger partial charge in [0.2, 0.25) is 12.7 Å². The third kappa shape index (κ3) is 3.73. The number of quaternary nitrogens is 2. The lowest BCUT2D eigenvalue weighted by Crippen LogP contribution is -3.29. The van der Waals surface area contributed by atoms with Gasteiger partial charge in [-0.3, -0.25) is 9.59 Å². The molecule has 31 heavy (non-hydrogen) atoms. The second kappa shape index (κ2) is 8.20. The first kappa shape index (κ1) is 19.8. The molecule has 8 nitrogen and oxygen atoms in total. The minimum atomic E-state index is -0.315. The van der Waals surface area contributed by atoms with Crippen LogP contribution in [0.5, 0.6) is 17.2 Å².